The van der Waals surface area contributed by atoms with Gasteiger partial charge in [0.1, 0.15) is 5.75 Å². The lowest BCUT2D eigenvalue weighted by Gasteiger charge is -2.24. The van der Waals surface area contributed by atoms with Crippen LogP contribution >= 0.6 is 0 Å². The van der Waals surface area contributed by atoms with Gasteiger partial charge < -0.3 is 15.3 Å². The monoisotopic (exact) mass is 427 g/mol. The summed E-state index contributed by atoms with van der Waals surface area (Å²) in [5.41, 5.74) is 3.49. The van der Waals surface area contributed by atoms with Crippen LogP contribution in [0.2, 0.25) is 0 Å². The van der Waals surface area contributed by atoms with E-state index in [4.69, 9.17) is 5.21 Å². The summed E-state index contributed by atoms with van der Waals surface area (Å²) in [4.78, 5) is 37.7. The van der Waals surface area contributed by atoms with Gasteiger partial charge in [-0.25, -0.2) is 5.48 Å². The van der Waals surface area contributed by atoms with E-state index in [9.17, 15) is 19.5 Å². The Balaban J connectivity index is 2.18. The summed E-state index contributed by atoms with van der Waals surface area (Å²) in [6, 6.07) is 13.8. The van der Waals surface area contributed by atoms with Crippen LogP contribution in [0.15, 0.2) is 48.5 Å². The largest absolute Gasteiger partial charge is 0.506 e. The molecule has 8 heteroatoms. The van der Waals surface area contributed by atoms with Gasteiger partial charge in [0.25, 0.3) is 0 Å². The second-order valence-electron chi connectivity index (χ2n) is 7.26. The molecule has 2 aromatic rings. The molecule has 0 spiro atoms. The Labute approximate surface area is 181 Å². The predicted molar refractivity (Wildman–Crippen MR) is 117 cm³/mol. The minimum atomic E-state index is -0.662. The highest BCUT2D eigenvalue weighted by atomic mass is 16.5. The number of para-hydroxylation sites is 2. The first-order valence-electron chi connectivity index (χ1n) is 10.2. The second-order valence-corrected chi connectivity index (χ2v) is 7.26. The van der Waals surface area contributed by atoms with Crippen molar-refractivity contribution in [3.63, 3.8) is 0 Å². The van der Waals surface area contributed by atoms with Crippen molar-refractivity contribution in [2.75, 3.05) is 11.4 Å². The number of aromatic hydroxyl groups is 1. The molecule has 0 aliphatic heterocycles. The fourth-order valence-corrected chi connectivity index (χ4v) is 3.06. The van der Waals surface area contributed by atoms with Gasteiger partial charge in [-0.3, -0.25) is 19.6 Å². The van der Waals surface area contributed by atoms with Crippen LogP contribution in [0, 0.1) is 0 Å². The van der Waals surface area contributed by atoms with Crippen LogP contribution in [-0.2, 0) is 20.9 Å². The molecule has 0 aromatic heterocycles. The Hall–Kier alpha value is -3.39. The minimum Gasteiger partial charge on any atom is -0.506 e. The molecule has 4 N–H and O–H groups in total. The zero-order valence-electron chi connectivity index (χ0n) is 17.8. The number of phenols is 1. The van der Waals surface area contributed by atoms with Crippen molar-refractivity contribution in [3.05, 3.63) is 59.7 Å². The molecule has 0 bridgehead atoms. The molecule has 1 atom stereocenters. The normalized spacial score (nSPS) is 11.5. The lowest BCUT2D eigenvalue weighted by Crippen LogP contribution is -2.32. The molecule has 0 saturated heterocycles. The molecule has 0 aliphatic carbocycles. The number of hydroxylamine groups is 1. The molecule has 0 radical (unpaired) electrons. The zero-order chi connectivity index (χ0) is 22.8. The first kappa shape index (κ1) is 23.9. The van der Waals surface area contributed by atoms with Crippen molar-refractivity contribution in [2.45, 2.75) is 45.6 Å². The second kappa shape index (κ2) is 11.7. The molecule has 3 amide bonds. The van der Waals surface area contributed by atoms with Gasteiger partial charge in [-0.05, 0) is 36.6 Å². The van der Waals surface area contributed by atoms with Gasteiger partial charge in [-0.1, -0.05) is 43.3 Å². The van der Waals surface area contributed by atoms with Crippen molar-refractivity contribution in [1.29, 1.82) is 0 Å². The SMILES string of the molecule is CCCNC(=O)C(C)c1ccc(CN(C(=O)CCC(=O)NO)c2ccccc2O)cc1. The molecular weight excluding hydrogens is 398 g/mol. The maximum atomic E-state index is 12.8. The molecule has 2 rings (SSSR count). The number of nitrogens with zero attached hydrogens (tertiary/aromatic N) is 1. The summed E-state index contributed by atoms with van der Waals surface area (Å²) in [7, 11) is 0. The van der Waals surface area contributed by atoms with Crippen LogP contribution in [-0.4, -0.2) is 34.6 Å². The maximum Gasteiger partial charge on any atom is 0.243 e. The molecule has 8 nitrogen and oxygen atoms in total. The molecule has 0 fully saturated rings. The number of phenolic OH excluding ortho intramolecular Hbond substituents is 1. The molecule has 2 aromatic carbocycles. The van der Waals surface area contributed by atoms with Crippen LogP contribution in [0.1, 0.15) is 50.2 Å². The standard InChI is InChI=1S/C23H29N3O5/c1-3-14-24-23(30)16(2)18-10-8-17(9-11-18)15-26(19-6-4-5-7-20(19)27)22(29)13-12-21(28)25-31/h4-11,16,27,31H,3,12-15H2,1-2H3,(H,24,30)(H,25,28). The summed E-state index contributed by atoms with van der Waals surface area (Å²) in [6.07, 6.45) is 0.559. The van der Waals surface area contributed by atoms with Gasteiger partial charge >= 0.3 is 0 Å². The van der Waals surface area contributed by atoms with E-state index in [1.807, 2.05) is 38.1 Å². The summed E-state index contributed by atoms with van der Waals surface area (Å²) in [5, 5.41) is 21.7. The van der Waals surface area contributed by atoms with Crippen LogP contribution in [0.3, 0.4) is 0 Å². The number of hydrogen-bond donors (Lipinski definition) is 4. The summed E-state index contributed by atoms with van der Waals surface area (Å²) in [5.74, 6) is -1.43. The number of anilines is 1. The Bertz CT molecular complexity index is 898. The topological polar surface area (TPSA) is 119 Å². The molecule has 1 unspecified atom stereocenters. The fraction of sp³-hybridized carbons (Fsp3) is 0.348. The molecule has 31 heavy (non-hydrogen) atoms. The van der Waals surface area contributed by atoms with Gasteiger partial charge in [0.05, 0.1) is 18.2 Å². The third-order valence-corrected chi connectivity index (χ3v) is 4.93. The molecule has 0 heterocycles. The highest BCUT2D eigenvalue weighted by Crippen LogP contribution is 2.29. The van der Waals surface area contributed by atoms with E-state index < -0.39 is 5.91 Å². The van der Waals surface area contributed by atoms with Gasteiger partial charge in [0.2, 0.25) is 17.7 Å². The number of amides is 3. The molecule has 166 valence electrons. The number of nitrogens with one attached hydrogen (secondary N) is 2. The van der Waals surface area contributed by atoms with Crippen LogP contribution in [0.5, 0.6) is 5.75 Å². The summed E-state index contributed by atoms with van der Waals surface area (Å²) in [6.45, 7) is 4.64. The average molecular weight is 428 g/mol. The third-order valence-electron chi connectivity index (χ3n) is 4.93. The van der Waals surface area contributed by atoms with Crippen LogP contribution in [0.25, 0.3) is 0 Å². The van der Waals surface area contributed by atoms with Crippen LogP contribution < -0.4 is 15.7 Å². The van der Waals surface area contributed by atoms with Crippen molar-refractivity contribution >= 4 is 23.4 Å². The highest BCUT2D eigenvalue weighted by Gasteiger charge is 2.20. The number of carbonyl (C=O) groups is 3. The number of rotatable bonds is 10. The van der Waals surface area contributed by atoms with Gasteiger partial charge in [0.15, 0.2) is 0 Å². The zero-order valence-corrected chi connectivity index (χ0v) is 17.8. The molecule has 0 saturated carbocycles. The van der Waals surface area contributed by atoms with E-state index in [1.54, 1.807) is 18.2 Å². The number of hydrogen-bond acceptors (Lipinski definition) is 5. The van der Waals surface area contributed by atoms with Gasteiger partial charge in [-0.15, -0.1) is 0 Å². The first-order chi connectivity index (χ1) is 14.9. The quantitative estimate of drug-likeness (QED) is 0.343. The van der Waals surface area contributed by atoms with Crippen molar-refractivity contribution < 1.29 is 24.7 Å². The minimum absolute atomic E-state index is 0.0391. The predicted octanol–water partition coefficient (Wildman–Crippen LogP) is 2.84. The van der Waals surface area contributed by atoms with E-state index in [0.29, 0.717) is 12.2 Å². The average Bonchev–Trinajstić information content (AvgIpc) is 2.79. The third kappa shape index (κ3) is 6.82. The van der Waals surface area contributed by atoms with E-state index in [2.05, 4.69) is 5.32 Å². The lowest BCUT2D eigenvalue weighted by atomic mass is 9.98. The van der Waals surface area contributed by atoms with E-state index >= 15 is 0 Å². The Morgan fingerprint density at radius 3 is 2.32 bits per heavy atom. The molecule has 0 aliphatic rings. The Kier molecular flexibility index (Phi) is 9.02. The number of carbonyl (C=O) groups excluding carboxylic acids is 3. The van der Waals surface area contributed by atoms with E-state index in [-0.39, 0.29) is 42.9 Å². The Morgan fingerprint density at radius 2 is 1.71 bits per heavy atom. The fourth-order valence-electron chi connectivity index (χ4n) is 3.06. The lowest BCUT2D eigenvalue weighted by molar-refractivity contribution is -0.131. The smallest absolute Gasteiger partial charge is 0.243 e. The van der Waals surface area contributed by atoms with Crippen molar-refractivity contribution in [1.82, 2.24) is 10.8 Å². The van der Waals surface area contributed by atoms with Crippen LogP contribution in [0.4, 0.5) is 5.69 Å². The summed E-state index contributed by atoms with van der Waals surface area (Å²) >= 11 is 0. The highest BCUT2D eigenvalue weighted by molar-refractivity contribution is 5.96. The molecular formula is C23H29N3O5. The number of benzene rings is 2. The maximum absolute atomic E-state index is 12.8. The van der Waals surface area contributed by atoms with Gasteiger partial charge in [-0.2, -0.15) is 0 Å². The van der Waals surface area contributed by atoms with E-state index in [1.165, 1.54) is 16.4 Å². The van der Waals surface area contributed by atoms with Crippen molar-refractivity contribution in [3.8, 4) is 5.75 Å². The van der Waals surface area contributed by atoms with Gasteiger partial charge in [0, 0.05) is 19.4 Å². The first-order valence-corrected chi connectivity index (χ1v) is 10.2. The summed E-state index contributed by atoms with van der Waals surface area (Å²) < 4.78 is 0. The van der Waals surface area contributed by atoms with E-state index in [0.717, 1.165) is 17.5 Å². The van der Waals surface area contributed by atoms with Crippen molar-refractivity contribution in [2.24, 2.45) is 0 Å². The Morgan fingerprint density at radius 1 is 1.03 bits per heavy atom.